The van der Waals surface area contributed by atoms with Gasteiger partial charge in [-0.05, 0) is 39.7 Å². The third-order valence-electron chi connectivity index (χ3n) is 4.22. The van der Waals surface area contributed by atoms with Gasteiger partial charge in [-0.3, -0.25) is 0 Å². The number of rotatable bonds is 3. The second-order valence-electron chi connectivity index (χ2n) is 5.36. The molecule has 16 heavy (non-hydrogen) atoms. The van der Waals surface area contributed by atoms with E-state index in [1.165, 1.54) is 19.3 Å². The first-order valence-corrected chi connectivity index (χ1v) is 6.34. The number of hydrogen-bond donors (Lipinski definition) is 1. The molecule has 3 atom stereocenters. The van der Waals surface area contributed by atoms with Crippen molar-refractivity contribution >= 4 is 0 Å². The van der Waals surface area contributed by atoms with Gasteiger partial charge in [0.05, 0.1) is 6.04 Å². The fraction of sp³-hybridized carbons (Fsp3) is 1.00. The fourth-order valence-electron chi connectivity index (χ4n) is 3.20. The quantitative estimate of drug-likeness (QED) is 0.803. The molecular weight excluding hydrogens is 210 g/mol. The molecule has 0 aromatic rings. The van der Waals surface area contributed by atoms with Crippen LogP contribution in [0.25, 0.3) is 0 Å². The predicted molar refractivity (Wildman–Crippen MR) is 60.8 cm³/mol. The lowest BCUT2D eigenvalue weighted by atomic mass is 9.82. The van der Waals surface area contributed by atoms with E-state index in [4.69, 9.17) is 0 Å². The van der Waals surface area contributed by atoms with Crippen LogP contribution in [0.3, 0.4) is 0 Å². The van der Waals surface area contributed by atoms with E-state index in [2.05, 4.69) is 17.3 Å². The monoisotopic (exact) mass is 232 g/mol. The van der Waals surface area contributed by atoms with Crippen molar-refractivity contribution in [2.45, 2.75) is 69.6 Å². The Hall–Kier alpha value is -0.220. The molecule has 3 unspecified atom stereocenters. The van der Waals surface area contributed by atoms with E-state index < -0.39 is 12.5 Å². The second kappa shape index (κ2) is 4.96. The summed E-state index contributed by atoms with van der Waals surface area (Å²) in [5.74, 6) is 0. The summed E-state index contributed by atoms with van der Waals surface area (Å²) in [6.45, 7) is 1.58. The van der Waals surface area contributed by atoms with Gasteiger partial charge in [-0.1, -0.05) is 6.42 Å². The average Bonchev–Trinajstić information content (AvgIpc) is 2.19. The van der Waals surface area contributed by atoms with Crippen LogP contribution in [0.4, 0.5) is 8.78 Å². The third kappa shape index (κ3) is 2.54. The molecule has 0 aromatic carbocycles. The van der Waals surface area contributed by atoms with Gasteiger partial charge in [0.25, 0.3) is 6.43 Å². The van der Waals surface area contributed by atoms with Crippen LogP contribution in [0.2, 0.25) is 0 Å². The maximum absolute atomic E-state index is 12.5. The van der Waals surface area contributed by atoms with Gasteiger partial charge in [-0.2, -0.15) is 0 Å². The highest BCUT2D eigenvalue weighted by atomic mass is 19.3. The summed E-state index contributed by atoms with van der Waals surface area (Å²) in [5.41, 5.74) is 0. The first-order valence-electron chi connectivity index (χ1n) is 6.34. The Labute approximate surface area is 96.4 Å². The molecule has 2 heterocycles. The van der Waals surface area contributed by atoms with Gasteiger partial charge in [0.1, 0.15) is 0 Å². The lowest BCUT2D eigenvalue weighted by Gasteiger charge is -2.47. The molecule has 0 aromatic heterocycles. The molecule has 2 bridgehead atoms. The van der Waals surface area contributed by atoms with Crippen molar-refractivity contribution in [2.24, 2.45) is 0 Å². The van der Waals surface area contributed by atoms with E-state index in [-0.39, 0.29) is 6.04 Å². The standard InChI is InChI=1S/C12H22F2N2/c1-8(12(13)14)15-9-6-10-4-3-5-11(7-9)16(10)2/h8-12,15H,3-7H2,1-2H3. The molecular formula is C12H22F2N2. The van der Waals surface area contributed by atoms with Crippen LogP contribution in [-0.4, -0.2) is 42.5 Å². The molecule has 94 valence electrons. The molecule has 1 N–H and O–H groups in total. The van der Waals surface area contributed by atoms with E-state index in [1.807, 2.05) is 0 Å². The van der Waals surface area contributed by atoms with Gasteiger partial charge in [0, 0.05) is 18.1 Å². The van der Waals surface area contributed by atoms with Crippen LogP contribution in [0.15, 0.2) is 0 Å². The summed E-state index contributed by atoms with van der Waals surface area (Å²) in [7, 11) is 2.18. The zero-order chi connectivity index (χ0) is 11.7. The first kappa shape index (κ1) is 12.2. The first-order chi connectivity index (χ1) is 7.58. The summed E-state index contributed by atoms with van der Waals surface area (Å²) in [6.07, 6.45) is 3.58. The summed E-state index contributed by atoms with van der Waals surface area (Å²) in [6, 6.07) is 0.828. The number of alkyl halides is 2. The van der Waals surface area contributed by atoms with Gasteiger partial charge in [0.2, 0.25) is 0 Å². The minimum absolute atomic E-state index is 0.287. The molecule has 2 rings (SSSR count). The zero-order valence-corrected chi connectivity index (χ0v) is 10.1. The van der Waals surface area contributed by atoms with Crippen molar-refractivity contribution in [1.29, 1.82) is 0 Å². The molecule has 2 nitrogen and oxygen atoms in total. The van der Waals surface area contributed by atoms with Gasteiger partial charge in [-0.15, -0.1) is 0 Å². The van der Waals surface area contributed by atoms with Crippen LogP contribution < -0.4 is 5.32 Å². The van der Waals surface area contributed by atoms with Crippen molar-refractivity contribution in [3.63, 3.8) is 0 Å². The number of fused-ring (bicyclic) bond motifs is 2. The number of halogens is 2. The molecule has 0 aliphatic carbocycles. The number of nitrogens with one attached hydrogen (secondary N) is 1. The van der Waals surface area contributed by atoms with Gasteiger partial charge >= 0.3 is 0 Å². The van der Waals surface area contributed by atoms with Gasteiger partial charge in [0.15, 0.2) is 0 Å². The Balaban J connectivity index is 1.89. The molecule has 2 fully saturated rings. The topological polar surface area (TPSA) is 15.3 Å². The Kier molecular flexibility index (Phi) is 3.80. The van der Waals surface area contributed by atoms with Crippen molar-refractivity contribution in [3.8, 4) is 0 Å². The lowest BCUT2D eigenvalue weighted by Crippen LogP contribution is -2.56. The highest BCUT2D eigenvalue weighted by Gasteiger charge is 2.36. The third-order valence-corrected chi connectivity index (χ3v) is 4.22. The normalized spacial score (nSPS) is 37.7. The Morgan fingerprint density at radius 2 is 1.75 bits per heavy atom. The number of hydrogen-bond acceptors (Lipinski definition) is 2. The highest BCUT2D eigenvalue weighted by molar-refractivity contribution is 4.94. The zero-order valence-electron chi connectivity index (χ0n) is 10.1. The molecule has 0 amide bonds. The van der Waals surface area contributed by atoms with Crippen molar-refractivity contribution < 1.29 is 8.78 Å². The Morgan fingerprint density at radius 3 is 2.25 bits per heavy atom. The molecule has 2 aliphatic heterocycles. The van der Waals surface area contributed by atoms with E-state index >= 15 is 0 Å². The van der Waals surface area contributed by atoms with Gasteiger partial charge < -0.3 is 10.2 Å². The molecule has 2 saturated heterocycles. The van der Waals surface area contributed by atoms with Crippen molar-refractivity contribution in [1.82, 2.24) is 10.2 Å². The van der Waals surface area contributed by atoms with E-state index in [0.29, 0.717) is 12.1 Å². The Bertz CT molecular complexity index is 218. The molecule has 2 aliphatic rings. The van der Waals surface area contributed by atoms with Crippen molar-refractivity contribution in [2.75, 3.05) is 7.05 Å². The maximum atomic E-state index is 12.5. The predicted octanol–water partition coefficient (Wildman–Crippen LogP) is 2.24. The van der Waals surface area contributed by atoms with Crippen LogP contribution in [0, 0.1) is 0 Å². The summed E-state index contributed by atoms with van der Waals surface area (Å²) in [5, 5.41) is 3.09. The van der Waals surface area contributed by atoms with Crippen LogP contribution in [-0.2, 0) is 0 Å². The maximum Gasteiger partial charge on any atom is 0.253 e. The minimum atomic E-state index is -2.25. The number of piperidine rings is 2. The van der Waals surface area contributed by atoms with Crippen LogP contribution in [0.5, 0.6) is 0 Å². The van der Waals surface area contributed by atoms with E-state index in [9.17, 15) is 8.78 Å². The van der Waals surface area contributed by atoms with Crippen LogP contribution in [0.1, 0.15) is 39.0 Å². The SMILES string of the molecule is CC(NC1CC2CCCC(C1)N2C)C(F)F. The summed E-state index contributed by atoms with van der Waals surface area (Å²) < 4.78 is 25.0. The van der Waals surface area contributed by atoms with Gasteiger partial charge in [-0.25, -0.2) is 8.78 Å². The molecule has 0 saturated carbocycles. The number of nitrogens with zero attached hydrogens (tertiary/aromatic N) is 1. The van der Waals surface area contributed by atoms with E-state index in [1.54, 1.807) is 6.92 Å². The molecule has 4 heteroatoms. The fourth-order valence-corrected chi connectivity index (χ4v) is 3.20. The minimum Gasteiger partial charge on any atom is -0.306 e. The lowest BCUT2D eigenvalue weighted by molar-refractivity contribution is 0.0332. The van der Waals surface area contributed by atoms with Crippen molar-refractivity contribution in [3.05, 3.63) is 0 Å². The summed E-state index contributed by atoms with van der Waals surface area (Å²) in [4.78, 5) is 2.45. The molecule has 0 radical (unpaired) electrons. The smallest absolute Gasteiger partial charge is 0.253 e. The molecule has 0 spiro atoms. The largest absolute Gasteiger partial charge is 0.306 e. The average molecular weight is 232 g/mol. The van der Waals surface area contributed by atoms with Crippen LogP contribution >= 0.6 is 0 Å². The Morgan fingerprint density at radius 1 is 1.19 bits per heavy atom. The second-order valence-corrected chi connectivity index (χ2v) is 5.36. The van der Waals surface area contributed by atoms with E-state index in [0.717, 1.165) is 12.8 Å². The summed E-state index contributed by atoms with van der Waals surface area (Å²) >= 11 is 0. The highest BCUT2D eigenvalue weighted by Crippen LogP contribution is 2.32.